The van der Waals surface area contributed by atoms with Crippen LogP contribution in [0.25, 0.3) is 0 Å². The molecule has 0 atom stereocenters. The Kier molecular flexibility index (Phi) is 6.59. The zero-order valence-corrected chi connectivity index (χ0v) is 18.7. The van der Waals surface area contributed by atoms with Gasteiger partial charge in [-0.3, -0.25) is 19.2 Å². The molecule has 166 valence electrons. The molecule has 1 amide bonds. The molecule has 0 aliphatic heterocycles. The number of nitrogens with one attached hydrogen (secondary N) is 1. The molecule has 9 heteroatoms. The van der Waals surface area contributed by atoms with E-state index in [2.05, 4.69) is 5.32 Å². The minimum absolute atomic E-state index is 0.0606. The number of sulfonamides is 1. The number of anilines is 2. The van der Waals surface area contributed by atoms with E-state index in [-0.39, 0.29) is 16.3 Å². The van der Waals surface area contributed by atoms with E-state index in [0.717, 1.165) is 21.0 Å². The van der Waals surface area contributed by atoms with Gasteiger partial charge in [0, 0.05) is 17.8 Å². The molecule has 0 aliphatic rings. The summed E-state index contributed by atoms with van der Waals surface area (Å²) in [6, 6.07) is 17.1. The fraction of sp³-hybridized carbons (Fsp3) is 0.174. The van der Waals surface area contributed by atoms with Crippen LogP contribution in [0.1, 0.15) is 16.7 Å². The molecule has 8 nitrogen and oxygen atoms in total. The van der Waals surface area contributed by atoms with E-state index in [0.29, 0.717) is 5.69 Å². The van der Waals surface area contributed by atoms with Crippen molar-refractivity contribution in [3.8, 4) is 0 Å². The Hall–Kier alpha value is -3.72. The number of rotatable bonds is 7. The maximum absolute atomic E-state index is 13.5. The number of non-ortho nitro benzene ring substituents is 1. The Bertz CT molecular complexity index is 1250. The predicted octanol–water partition coefficient (Wildman–Crippen LogP) is 4.35. The first-order chi connectivity index (χ1) is 15.1. The smallest absolute Gasteiger partial charge is 0.271 e. The number of nitrogens with zero attached hydrogens (tertiary/aromatic N) is 2. The van der Waals surface area contributed by atoms with Gasteiger partial charge in [-0.1, -0.05) is 29.8 Å². The van der Waals surface area contributed by atoms with Crippen LogP contribution in [0.15, 0.2) is 71.6 Å². The highest BCUT2D eigenvalue weighted by atomic mass is 32.2. The molecule has 1 N–H and O–H groups in total. The molecule has 0 aromatic heterocycles. The molecule has 3 rings (SSSR count). The third-order valence-electron chi connectivity index (χ3n) is 4.73. The van der Waals surface area contributed by atoms with E-state index in [4.69, 9.17) is 0 Å². The van der Waals surface area contributed by atoms with Crippen LogP contribution in [0.3, 0.4) is 0 Å². The summed E-state index contributed by atoms with van der Waals surface area (Å²) in [7, 11) is -4.05. The predicted molar refractivity (Wildman–Crippen MR) is 123 cm³/mol. The second kappa shape index (κ2) is 9.19. The van der Waals surface area contributed by atoms with Crippen LogP contribution in [0.4, 0.5) is 17.1 Å². The summed E-state index contributed by atoms with van der Waals surface area (Å²) in [4.78, 5) is 23.3. The van der Waals surface area contributed by atoms with Gasteiger partial charge in [0.1, 0.15) is 6.54 Å². The van der Waals surface area contributed by atoms with E-state index in [1.807, 2.05) is 26.8 Å². The van der Waals surface area contributed by atoms with Crippen LogP contribution in [0, 0.1) is 30.9 Å². The van der Waals surface area contributed by atoms with Crippen LogP contribution >= 0.6 is 0 Å². The summed E-state index contributed by atoms with van der Waals surface area (Å²) < 4.78 is 28.0. The van der Waals surface area contributed by atoms with Crippen molar-refractivity contribution >= 4 is 33.0 Å². The largest absolute Gasteiger partial charge is 0.324 e. The van der Waals surface area contributed by atoms with Gasteiger partial charge in [-0.25, -0.2) is 8.42 Å². The van der Waals surface area contributed by atoms with Gasteiger partial charge in [0.05, 0.1) is 15.5 Å². The molecular formula is C23H23N3O5S. The summed E-state index contributed by atoms with van der Waals surface area (Å²) in [5, 5.41) is 13.5. The van der Waals surface area contributed by atoms with Crippen molar-refractivity contribution in [2.45, 2.75) is 25.7 Å². The van der Waals surface area contributed by atoms with Crippen molar-refractivity contribution in [2.24, 2.45) is 0 Å². The molecule has 0 fully saturated rings. The highest BCUT2D eigenvalue weighted by molar-refractivity contribution is 7.92. The summed E-state index contributed by atoms with van der Waals surface area (Å²) in [6.45, 7) is 5.04. The number of benzene rings is 3. The van der Waals surface area contributed by atoms with Crippen LogP contribution in [-0.2, 0) is 14.8 Å². The number of hydrogen-bond donors (Lipinski definition) is 1. The van der Waals surface area contributed by atoms with E-state index in [1.165, 1.54) is 36.4 Å². The molecule has 0 saturated heterocycles. The summed E-state index contributed by atoms with van der Waals surface area (Å²) >= 11 is 0. The molecule has 0 heterocycles. The minimum atomic E-state index is -4.05. The van der Waals surface area contributed by atoms with Gasteiger partial charge in [-0.15, -0.1) is 0 Å². The molecule has 0 bridgehead atoms. The number of nitro benzene ring substituents is 1. The number of amides is 1. The van der Waals surface area contributed by atoms with Crippen molar-refractivity contribution in [3.05, 3.63) is 93.5 Å². The molecule has 3 aromatic rings. The SMILES string of the molecule is Cc1ccc(S(=O)(=O)N(CC(=O)Nc2cccc([N+](=O)[O-])c2)c2cc(C)cc(C)c2)cc1. The molecule has 32 heavy (non-hydrogen) atoms. The quantitative estimate of drug-likeness (QED) is 0.422. The number of aryl methyl sites for hydroxylation is 3. The lowest BCUT2D eigenvalue weighted by Gasteiger charge is -2.25. The lowest BCUT2D eigenvalue weighted by atomic mass is 10.1. The van der Waals surface area contributed by atoms with E-state index >= 15 is 0 Å². The summed E-state index contributed by atoms with van der Waals surface area (Å²) in [5.41, 5.74) is 2.99. The van der Waals surface area contributed by atoms with Crippen molar-refractivity contribution in [2.75, 3.05) is 16.2 Å². The van der Waals surface area contributed by atoms with Crippen molar-refractivity contribution in [1.29, 1.82) is 0 Å². The number of hydrogen-bond acceptors (Lipinski definition) is 5. The van der Waals surface area contributed by atoms with Crippen LogP contribution in [0.5, 0.6) is 0 Å². The fourth-order valence-electron chi connectivity index (χ4n) is 3.28. The Balaban J connectivity index is 1.97. The molecule has 0 saturated carbocycles. The normalized spacial score (nSPS) is 11.1. The molecule has 0 unspecified atom stereocenters. The summed E-state index contributed by atoms with van der Waals surface area (Å²) in [5.74, 6) is -0.625. The Labute approximate surface area is 186 Å². The van der Waals surface area contributed by atoms with Gasteiger partial charge in [0.25, 0.3) is 15.7 Å². The first-order valence-electron chi connectivity index (χ1n) is 9.78. The average molecular weight is 454 g/mol. The summed E-state index contributed by atoms with van der Waals surface area (Å²) in [6.07, 6.45) is 0. The maximum atomic E-state index is 13.5. The second-order valence-electron chi connectivity index (χ2n) is 7.53. The van der Waals surface area contributed by atoms with Crippen LogP contribution in [-0.4, -0.2) is 25.8 Å². The number of carbonyl (C=O) groups is 1. The monoisotopic (exact) mass is 453 g/mol. The zero-order valence-electron chi connectivity index (χ0n) is 17.9. The van der Waals surface area contributed by atoms with Crippen LogP contribution in [0.2, 0.25) is 0 Å². The lowest BCUT2D eigenvalue weighted by Crippen LogP contribution is -2.38. The Morgan fingerprint density at radius 2 is 1.56 bits per heavy atom. The highest BCUT2D eigenvalue weighted by Gasteiger charge is 2.27. The highest BCUT2D eigenvalue weighted by Crippen LogP contribution is 2.26. The van der Waals surface area contributed by atoms with Gasteiger partial charge >= 0.3 is 0 Å². The Morgan fingerprint density at radius 1 is 0.938 bits per heavy atom. The second-order valence-corrected chi connectivity index (χ2v) is 9.39. The maximum Gasteiger partial charge on any atom is 0.271 e. The minimum Gasteiger partial charge on any atom is -0.324 e. The number of nitro groups is 1. The third kappa shape index (κ3) is 5.30. The zero-order chi connectivity index (χ0) is 23.5. The standard InChI is InChI=1S/C23H23N3O5S/c1-16-7-9-22(10-8-16)32(30,31)25(21-12-17(2)11-18(3)13-21)15-23(27)24-19-5-4-6-20(14-19)26(28)29/h4-14H,15H2,1-3H3,(H,24,27). The molecule has 0 radical (unpaired) electrons. The number of carbonyl (C=O) groups excluding carboxylic acids is 1. The molecule has 0 aliphatic carbocycles. The van der Waals surface area contributed by atoms with Gasteiger partial charge in [0.15, 0.2) is 0 Å². The van der Waals surface area contributed by atoms with Crippen molar-refractivity contribution in [1.82, 2.24) is 0 Å². The van der Waals surface area contributed by atoms with Crippen molar-refractivity contribution < 1.29 is 18.1 Å². The lowest BCUT2D eigenvalue weighted by molar-refractivity contribution is -0.384. The first kappa shape index (κ1) is 23.0. The van der Waals surface area contributed by atoms with Crippen LogP contribution < -0.4 is 9.62 Å². The average Bonchev–Trinajstić information content (AvgIpc) is 2.71. The fourth-order valence-corrected chi connectivity index (χ4v) is 4.68. The van der Waals surface area contributed by atoms with Gasteiger partial charge < -0.3 is 5.32 Å². The van der Waals surface area contributed by atoms with Gasteiger partial charge in [0.2, 0.25) is 5.91 Å². The van der Waals surface area contributed by atoms with E-state index in [9.17, 15) is 23.3 Å². The molecule has 0 spiro atoms. The topological polar surface area (TPSA) is 110 Å². The first-order valence-corrected chi connectivity index (χ1v) is 11.2. The third-order valence-corrected chi connectivity index (χ3v) is 6.52. The Morgan fingerprint density at radius 3 is 2.16 bits per heavy atom. The van der Waals surface area contributed by atoms with Gasteiger partial charge in [-0.05, 0) is 62.2 Å². The van der Waals surface area contributed by atoms with E-state index in [1.54, 1.807) is 24.3 Å². The molecular weight excluding hydrogens is 430 g/mol. The van der Waals surface area contributed by atoms with Gasteiger partial charge in [-0.2, -0.15) is 0 Å². The van der Waals surface area contributed by atoms with Crippen molar-refractivity contribution in [3.63, 3.8) is 0 Å². The van der Waals surface area contributed by atoms with E-state index < -0.39 is 27.4 Å². The molecule has 3 aromatic carbocycles.